The number of halogens is 1. The third-order valence-corrected chi connectivity index (χ3v) is 3.66. The Labute approximate surface area is 120 Å². The second kappa shape index (κ2) is 6.31. The predicted molar refractivity (Wildman–Crippen MR) is 75.9 cm³/mol. The molecule has 0 aliphatic heterocycles. The van der Waals surface area contributed by atoms with Gasteiger partial charge >= 0.3 is 0 Å². The highest BCUT2D eigenvalue weighted by Crippen LogP contribution is 2.27. The number of aromatic nitrogens is 4. The zero-order valence-corrected chi connectivity index (χ0v) is 12.9. The number of imidazole rings is 1. The van der Waals surface area contributed by atoms with Crippen LogP contribution in [0.25, 0.3) is 0 Å². The third kappa shape index (κ3) is 2.88. The summed E-state index contributed by atoms with van der Waals surface area (Å²) in [4.78, 5) is 4.18. The van der Waals surface area contributed by atoms with Gasteiger partial charge in [-0.2, -0.15) is 5.10 Å². The van der Waals surface area contributed by atoms with Gasteiger partial charge in [0.1, 0.15) is 0 Å². The summed E-state index contributed by atoms with van der Waals surface area (Å²) in [6.07, 6.45) is 5.47. The van der Waals surface area contributed by atoms with Gasteiger partial charge in [0.15, 0.2) is 0 Å². The molecular formula is C12H18BrN5O. The molecule has 1 N–H and O–H groups in total. The summed E-state index contributed by atoms with van der Waals surface area (Å²) in [5.74, 6) is 0. The number of aryl methyl sites for hydroxylation is 1. The average Bonchev–Trinajstić information content (AvgIpc) is 2.97. The minimum atomic E-state index is 0.0289. The van der Waals surface area contributed by atoms with Gasteiger partial charge in [-0.05, 0) is 23.0 Å². The maximum absolute atomic E-state index is 5.12. The first-order chi connectivity index (χ1) is 9.19. The lowest BCUT2D eigenvalue weighted by Crippen LogP contribution is -2.24. The molecule has 2 heterocycles. The molecule has 7 heteroatoms. The summed E-state index contributed by atoms with van der Waals surface area (Å²) in [6.45, 7) is 1.34. The van der Waals surface area contributed by atoms with Crippen molar-refractivity contribution in [1.29, 1.82) is 0 Å². The van der Waals surface area contributed by atoms with Crippen LogP contribution in [0.4, 0.5) is 0 Å². The number of nitrogens with one attached hydrogen (secondary N) is 1. The van der Waals surface area contributed by atoms with Crippen LogP contribution in [0.5, 0.6) is 0 Å². The molecule has 6 nitrogen and oxygen atoms in total. The van der Waals surface area contributed by atoms with E-state index >= 15 is 0 Å². The van der Waals surface area contributed by atoms with Crippen LogP contribution in [0.15, 0.2) is 23.2 Å². The number of rotatable bonds is 6. The largest absolute Gasteiger partial charge is 0.383 e. The van der Waals surface area contributed by atoms with E-state index in [1.165, 1.54) is 0 Å². The quantitative estimate of drug-likeness (QED) is 0.869. The molecule has 0 aliphatic rings. The van der Waals surface area contributed by atoms with E-state index in [0.29, 0.717) is 13.2 Å². The lowest BCUT2D eigenvalue weighted by molar-refractivity contribution is 0.182. The van der Waals surface area contributed by atoms with Crippen molar-refractivity contribution in [2.24, 2.45) is 7.05 Å². The van der Waals surface area contributed by atoms with E-state index in [2.05, 4.69) is 31.3 Å². The maximum atomic E-state index is 5.12. The van der Waals surface area contributed by atoms with Gasteiger partial charge in [-0.3, -0.25) is 4.68 Å². The second-order valence-electron chi connectivity index (χ2n) is 4.24. The van der Waals surface area contributed by atoms with Crippen molar-refractivity contribution in [3.05, 3.63) is 34.6 Å². The first kappa shape index (κ1) is 14.2. The van der Waals surface area contributed by atoms with E-state index in [1.54, 1.807) is 13.4 Å². The summed E-state index contributed by atoms with van der Waals surface area (Å²) in [7, 11) is 5.60. The fraction of sp³-hybridized carbons (Fsp3) is 0.500. The van der Waals surface area contributed by atoms with E-state index in [-0.39, 0.29) is 6.04 Å². The number of methoxy groups -OCH3 is 1. The molecule has 0 bridgehead atoms. The monoisotopic (exact) mass is 327 g/mol. The Hall–Kier alpha value is -1.18. The van der Waals surface area contributed by atoms with Crippen LogP contribution in [0.3, 0.4) is 0 Å². The van der Waals surface area contributed by atoms with Gasteiger partial charge in [-0.1, -0.05) is 0 Å². The van der Waals surface area contributed by atoms with Crippen molar-refractivity contribution in [2.45, 2.75) is 12.6 Å². The first-order valence-electron chi connectivity index (χ1n) is 6.02. The molecule has 0 radical (unpaired) electrons. The van der Waals surface area contributed by atoms with Crippen LogP contribution in [-0.4, -0.2) is 40.1 Å². The van der Waals surface area contributed by atoms with E-state index in [9.17, 15) is 0 Å². The van der Waals surface area contributed by atoms with Crippen molar-refractivity contribution in [3.8, 4) is 0 Å². The fourth-order valence-corrected chi connectivity index (χ4v) is 2.61. The normalized spacial score (nSPS) is 12.8. The summed E-state index contributed by atoms with van der Waals surface area (Å²) in [6, 6.07) is 0.0289. The molecule has 1 unspecified atom stereocenters. The number of hydrogen-bond donors (Lipinski definition) is 1. The molecule has 0 spiro atoms. The van der Waals surface area contributed by atoms with E-state index < -0.39 is 0 Å². The third-order valence-electron chi connectivity index (χ3n) is 3.05. The summed E-state index contributed by atoms with van der Waals surface area (Å²) < 4.78 is 10.0. The van der Waals surface area contributed by atoms with Crippen molar-refractivity contribution in [3.63, 3.8) is 0 Å². The van der Waals surface area contributed by atoms with Crippen LogP contribution >= 0.6 is 15.9 Å². The topological polar surface area (TPSA) is 56.9 Å². The molecule has 0 aromatic carbocycles. The van der Waals surface area contributed by atoms with Crippen molar-refractivity contribution in [2.75, 3.05) is 20.8 Å². The van der Waals surface area contributed by atoms with Crippen molar-refractivity contribution in [1.82, 2.24) is 24.6 Å². The maximum Gasteiger partial charge on any atom is 0.0946 e. The highest BCUT2D eigenvalue weighted by molar-refractivity contribution is 9.10. The zero-order chi connectivity index (χ0) is 13.8. The minimum absolute atomic E-state index is 0.0289. The van der Waals surface area contributed by atoms with Gasteiger partial charge in [0.2, 0.25) is 0 Å². The number of hydrogen-bond acceptors (Lipinski definition) is 4. The summed E-state index contributed by atoms with van der Waals surface area (Å²) in [5.41, 5.74) is 2.16. The molecular weight excluding hydrogens is 310 g/mol. The Balaban J connectivity index is 2.38. The molecule has 0 saturated carbocycles. The molecule has 104 valence electrons. The molecule has 0 aliphatic carbocycles. The smallest absolute Gasteiger partial charge is 0.0946 e. The summed E-state index contributed by atoms with van der Waals surface area (Å²) in [5, 5.41) is 7.69. The van der Waals surface area contributed by atoms with E-state index in [4.69, 9.17) is 4.74 Å². The minimum Gasteiger partial charge on any atom is -0.383 e. The highest BCUT2D eigenvalue weighted by Gasteiger charge is 2.22. The Morgan fingerprint density at radius 3 is 2.84 bits per heavy atom. The molecule has 0 amide bonds. The van der Waals surface area contributed by atoms with Gasteiger partial charge in [-0.15, -0.1) is 0 Å². The van der Waals surface area contributed by atoms with Gasteiger partial charge in [-0.25, -0.2) is 4.98 Å². The van der Waals surface area contributed by atoms with Crippen LogP contribution in [0, 0.1) is 0 Å². The Bertz CT molecular complexity index is 536. The van der Waals surface area contributed by atoms with Crippen LogP contribution in [-0.2, 0) is 18.3 Å². The molecule has 1 atom stereocenters. The van der Waals surface area contributed by atoms with E-state index in [1.807, 2.05) is 35.7 Å². The number of nitrogens with zero attached hydrogens (tertiary/aromatic N) is 4. The van der Waals surface area contributed by atoms with Crippen molar-refractivity contribution >= 4 is 15.9 Å². The Morgan fingerprint density at radius 1 is 1.47 bits per heavy atom. The highest BCUT2D eigenvalue weighted by atomic mass is 79.9. The molecule has 0 saturated heterocycles. The molecule has 2 aromatic rings. The fourth-order valence-electron chi connectivity index (χ4n) is 2.09. The Kier molecular flexibility index (Phi) is 4.73. The predicted octanol–water partition coefficient (Wildman–Crippen LogP) is 1.33. The van der Waals surface area contributed by atoms with Gasteiger partial charge in [0, 0.05) is 14.2 Å². The molecule has 2 aromatic heterocycles. The van der Waals surface area contributed by atoms with Crippen LogP contribution in [0.2, 0.25) is 0 Å². The SMILES string of the molecule is CNC(c1cncn1C)c1c(Br)cnn1CCOC. The van der Waals surface area contributed by atoms with Gasteiger partial charge in [0.05, 0.1) is 53.8 Å². The number of ether oxygens (including phenoxy) is 1. The molecule has 2 rings (SSSR count). The van der Waals surface area contributed by atoms with Gasteiger partial charge < -0.3 is 14.6 Å². The van der Waals surface area contributed by atoms with Crippen LogP contribution < -0.4 is 5.32 Å². The molecule has 19 heavy (non-hydrogen) atoms. The Morgan fingerprint density at radius 2 is 2.26 bits per heavy atom. The van der Waals surface area contributed by atoms with Crippen LogP contribution in [0.1, 0.15) is 17.4 Å². The van der Waals surface area contributed by atoms with E-state index in [0.717, 1.165) is 15.9 Å². The first-order valence-corrected chi connectivity index (χ1v) is 6.82. The zero-order valence-electron chi connectivity index (χ0n) is 11.3. The second-order valence-corrected chi connectivity index (χ2v) is 5.10. The average molecular weight is 328 g/mol. The molecule has 0 fully saturated rings. The summed E-state index contributed by atoms with van der Waals surface area (Å²) >= 11 is 3.57. The van der Waals surface area contributed by atoms with Gasteiger partial charge in [0.25, 0.3) is 0 Å². The lowest BCUT2D eigenvalue weighted by Gasteiger charge is -2.19. The van der Waals surface area contributed by atoms with Crippen molar-refractivity contribution < 1.29 is 4.74 Å². The lowest BCUT2D eigenvalue weighted by atomic mass is 10.1. The standard InChI is InChI=1S/C12H18BrN5O/c1-14-11(10-7-15-8-17(10)2)12-9(13)6-16-18(12)4-5-19-3/h6-8,11,14H,4-5H2,1-3H3.